The summed E-state index contributed by atoms with van der Waals surface area (Å²) in [5, 5.41) is 0. The van der Waals surface area contributed by atoms with Crippen LogP contribution in [-0.4, -0.2) is 12.9 Å². The van der Waals surface area contributed by atoms with Crippen LogP contribution in [0.15, 0.2) is 35.5 Å². The number of rotatable bonds is 2. The average molecular weight is 189 g/mol. The summed E-state index contributed by atoms with van der Waals surface area (Å²) in [5.41, 5.74) is 3.02. The average Bonchev–Trinajstić information content (AvgIpc) is 3.04. The molecule has 2 aliphatic carbocycles. The highest BCUT2D eigenvalue weighted by molar-refractivity contribution is 6.01. The SMILES string of the molecule is CCC(=C1C=CC(=[O+]C)C=C1)C1CC1. The van der Waals surface area contributed by atoms with Crippen molar-refractivity contribution in [3.63, 3.8) is 0 Å². The second-order valence-electron chi connectivity index (χ2n) is 3.88. The first-order valence-corrected chi connectivity index (χ1v) is 5.35. The molecule has 0 saturated heterocycles. The van der Waals surface area contributed by atoms with Crippen LogP contribution in [0.3, 0.4) is 0 Å². The summed E-state index contributed by atoms with van der Waals surface area (Å²) in [6.45, 7) is 2.25. The highest BCUT2D eigenvalue weighted by atomic mass is 16.4. The molecule has 0 atom stereocenters. The topological polar surface area (TPSA) is 11.3 Å². The molecule has 1 nitrogen and oxygen atoms in total. The monoisotopic (exact) mass is 189 g/mol. The molecule has 14 heavy (non-hydrogen) atoms. The lowest BCUT2D eigenvalue weighted by Gasteiger charge is -2.07. The Hall–Kier alpha value is -1.11. The predicted molar refractivity (Wildman–Crippen MR) is 59.3 cm³/mol. The lowest BCUT2D eigenvalue weighted by Crippen LogP contribution is -1.98. The van der Waals surface area contributed by atoms with Crippen molar-refractivity contribution in [1.29, 1.82) is 0 Å². The van der Waals surface area contributed by atoms with E-state index >= 15 is 0 Å². The number of hydrogen-bond acceptors (Lipinski definition) is 0. The molecule has 74 valence electrons. The standard InChI is InChI=1S/C13H17O/c1-3-13(10-4-5-10)11-6-8-12(14-2)9-7-11/h6-10H,3-5H2,1-2H3/q+1. The highest BCUT2D eigenvalue weighted by Gasteiger charge is 2.26. The smallest absolute Gasteiger partial charge is 0.258 e. The van der Waals surface area contributed by atoms with Crippen LogP contribution >= 0.6 is 0 Å². The van der Waals surface area contributed by atoms with Gasteiger partial charge in [0.25, 0.3) is 7.11 Å². The normalized spacial score (nSPS) is 20.1. The molecule has 0 bridgehead atoms. The van der Waals surface area contributed by atoms with Gasteiger partial charge in [0.1, 0.15) is 0 Å². The Kier molecular flexibility index (Phi) is 2.67. The van der Waals surface area contributed by atoms with Crippen molar-refractivity contribution in [3.05, 3.63) is 35.5 Å². The summed E-state index contributed by atoms with van der Waals surface area (Å²) < 4.78 is 5.15. The lowest BCUT2D eigenvalue weighted by atomic mass is 9.97. The van der Waals surface area contributed by atoms with Crippen molar-refractivity contribution in [1.82, 2.24) is 0 Å². The van der Waals surface area contributed by atoms with E-state index in [0.29, 0.717) is 0 Å². The maximum absolute atomic E-state index is 5.15. The van der Waals surface area contributed by atoms with Crippen molar-refractivity contribution in [2.24, 2.45) is 5.92 Å². The Morgan fingerprint density at radius 1 is 1.29 bits per heavy atom. The summed E-state index contributed by atoms with van der Waals surface area (Å²) in [4.78, 5) is 0. The van der Waals surface area contributed by atoms with Gasteiger partial charge in [0.15, 0.2) is 0 Å². The fraction of sp³-hybridized carbons (Fsp3) is 0.462. The van der Waals surface area contributed by atoms with Gasteiger partial charge >= 0.3 is 5.78 Å². The molecule has 0 unspecified atom stereocenters. The number of hydrogen-bond donors (Lipinski definition) is 0. The minimum absolute atomic E-state index is 0.869. The number of carbonyl (C=O) groups excluding carboxylic acids is 1. The molecular formula is C13H17O+. The lowest BCUT2D eigenvalue weighted by molar-refractivity contribution is -0.417. The largest absolute Gasteiger partial charge is 0.343 e. The van der Waals surface area contributed by atoms with Crippen molar-refractivity contribution in [3.8, 4) is 0 Å². The zero-order valence-electron chi connectivity index (χ0n) is 8.92. The Bertz CT molecular complexity index is 320. The third-order valence-electron chi connectivity index (χ3n) is 2.91. The summed E-state index contributed by atoms with van der Waals surface area (Å²) >= 11 is 0. The van der Waals surface area contributed by atoms with Crippen molar-refractivity contribution in [2.75, 3.05) is 7.11 Å². The van der Waals surface area contributed by atoms with Gasteiger partial charge in [0, 0.05) is 12.2 Å². The van der Waals surface area contributed by atoms with Crippen LogP contribution in [0.2, 0.25) is 0 Å². The molecule has 1 heteroatoms. The van der Waals surface area contributed by atoms with Gasteiger partial charge in [-0.2, -0.15) is 0 Å². The van der Waals surface area contributed by atoms with E-state index in [-0.39, 0.29) is 0 Å². The van der Waals surface area contributed by atoms with Crippen LogP contribution in [0.1, 0.15) is 26.2 Å². The first-order valence-electron chi connectivity index (χ1n) is 5.35. The molecule has 0 heterocycles. The fourth-order valence-corrected chi connectivity index (χ4v) is 1.97. The highest BCUT2D eigenvalue weighted by Crippen LogP contribution is 2.40. The molecule has 0 radical (unpaired) electrons. The van der Waals surface area contributed by atoms with Gasteiger partial charge in [-0.15, -0.1) is 0 Å². The van der Waals surface area contributed by atoms with Gasteiger partial charge in [0.2, 0.25) is 0 Å². The van der Waals surface area contributed by atoms with Gasteiger partial charge in [0.05, 0.1) is 0 Å². The maximum Gasteiger partial charge on any atom is 0.343 e. The van der Waals surface area contributed by atoms with Gasteiger partial charge < -0.3 is 0 Å². The minimum atomic E-state index is 0.869. The number of allylic oxidation sites excluding steroid dienone is 6. The van der Waals surface area contributed by atoms with E-state index in [4.69, 9.17) is 4.42 Å². The Labute approximate surface area is 85.5 Å². The molecule has 2 aliphatic rings. The van der Waals surface area contributed by atoms with Crippen molar-refractivity contribution < 1.29 is 4.42 Å². The van der Waals surface area contributed by atoms with E-state index in [0.717, 1.165) is 11.7 Å². The van der Waals surface area contributed by atoms with E-state index in [1.165, 1.54) is 24.8 Å². The third-order valence-corrected chi connectivity index (χ3v) is 2.91. The third kappa shape index (κ3) is 1.87. The minimum Gasteiger partial charge on any atom is -0.258 e. The Balaban J connectivity index is 2.23. The van der Waals surface area contributed by atoms with Crippen LogP contribution in [0.25, 0.3) is 0 Å². The predicted octanol–water partition coefficient (Wildman–Crippen LogP) is 2.96. The molecule has 2 rings (SSSR count). The van der Waals surface area contributed by atoms with Crippen molar-refractivity contribution in [2.45, 2.75) is 26.2 Å². The van der Waals surface area contributed by atoms with Gasteiger partial charge in [-0.3, -0.25) is 4.42 Å². The first kappa shape index (κ1) is 9.45. The summed E-state index contributed by atoms with van der Waals surface area (Å²) in [6, 6.07) is 0. The molecule has 0 aromatic heterocycles. The van der Waals surface area contributed by atoms with E-state index < -0.39 is 0 Å². The van der Waals surface area contributed by atoms with Crippen LogP contribution in [-0.2, 0) is 4.42 Å². The second kappa shape index (κ2) is 3.95. The Morgan fingerprint density at radius 2 is 1.93 bits per heavy atom. The van der Waals surface area contributed by atoms with Crippen LogP contribution in [0.5, 0.6) is 0 Å². The molecule has 0 aliphatic heterocycles. The van der Waals surface area contributed by atoms with Crippen LogP contribution in [0, 0.1) is 5.92 Å². The van der Waals surface area contributed by atoms with Crippen molar-refractivity contribution >= 4 is 5.78 Å². The second-order valence-corrected chi connectivity index (χ2v) is 3.88. The molecule has 1 fully saturated rings. The molecule has 0 aromatic carbocycles. The van der Waals surface area contributed by atoms with Gasteiger partial charge in [-0.1, -0.05) is 12.5 Å². The molecular weight excluding hydrogens is 172 g/mol. The Morgan fingerprint density at radius 3 is 2.36 bits per heavy atom. The summed E-state index contributed by atoms with van der Waals surface area (Å²) in [7, 11) is 1.71. The van der Waals surface area contributed by atoms with E-state index in [9.17, 15) is 0 Å². The van der Waals surface area contributed by atoms with E-state index in [1.807, 2.05) is 12.2 Å². The van der Waals surface area contributed by atoms with Crippen LogP contribution < -0.4 is 0 Å². The zero-order chi connectivity index (χ0) is 9.97. The molecule has 1 saturated carbocycles. The fourth-order valence-electron chi connectivity index (χ4n) is 1.97. The summed E-state index contributed by atoms with van der Waals surface area (Å²) in [5.74, 6) is 1.81. The van der Waals surface area contributed by atoms with Gasteiger partial charge in [-0.05, 0) is 42.9 Å². The van der Waals surface area contributed by atoms with Gasteiger partial charge in [-0.25, -0.2) is 0 Å². The van der Waals surface area contributed by atoms with Crippen LogP contribution in [0.4, 0.5) is 0 Å². The maximum atomic E-state index is 5.15. The molecule has 0 spiro atoms. The zero-order valence-corrected chi connectivity index (χ0v) is 8.92. The first-order chi connectivity index (χ1) is 6.85. The molecule has 0 N–H and O–H groups in total. The van der Waals surface area contributed by atoms with E-state index in [2.05, 4.69) is 19.1 Å². The quantitative estimate of drug-likeness (QED) is 0.592. The summed E-state index contributed by atoms with van der Waals surface area (Å²) in [6.07, 6.45) is 12.4. The van der Waals surface area contributed by atoms with E-state index in [1.54, 1.807) is 12.7 Å². The molecule has 0 amide bonds. The number of ketones is 1. The molecule has 0 aromatic rings.